The Labute approximate surface area is 314 Å². The van der Waals surface area contributed by atoms with Gasteiger partial charge in [0.1, 0.15) is 23.0 Å². The van der Waals surface area contributed by atoms with Crippen LogP contribution in [0.15, 0.2) is 48.5 Å². The molecule has 0 atom stereocenters. The van der Waals surface area contributed by atoms with Crippen LogP contribution < -0.4 is 0 Å². The van der Waals surface area contributed by atoms with Crippen molar-refractivity contribution in [1.29, 1.82) is 0 Å². The van der Waals surface area contributed by atoms with Gasteiger partial charge in [0.2, 0.25) is 0 Å². The summed E-state index contributed by atoms with van der Waals surface area (Å²) in [4.78, 5) is 0. The number of phenols is 4. The molecular weight excluding hydrogens is 641 g/mol. The van der Waals surface area contributed by atoms with Crippen molar-refractivity contribution in [3.8, 4) is 23.0 Å². The fourth-order valence-corrected chi connectivity index (χ4v) is 7.83. The Kier molecular flexibility index (Phi) is 10.2. The number of fused-ring (bicyclic) bond motifs is 8. The van der Waals surface area contributed by atoms with E-state index in [2.05, 4.69) is 145 Å². The Hall–Kier alpha value is -3.92. The second-order valence-electron chi connectivity index (χ2n) is 19.6. The zero-order chi connectivity index (χ0) is 38.9. The molecule has 0 saturated carbocycles. The Morgan fingerprint density at radius 1 is 0.385 bits per heavy atom. The van der Waals surface area contributed by atoms with Crippen molar-refractivity contribution >= 4 is 0 Å². The zero-order valence-corrected chi connectivity index (χ0v) is 34.4. The van der Waals surface area contributed by atoms with Crippen LogP contribution in [0.5, 0.6) is 23.0 Å². The second-order valence-corrected chi connectivity index (χ2v) is 19.6. The normalized spacial score (nSPS) is 17.0. The van der Waals surface area contributed by atoms with Crippen molar-refractivity contribution in [2.45, 2.75) is 156 Å². The number of phenolic OH excluding ortho intramolecular Hbond substituents is 4. The first-order valence-electron chi connectivity index (χ1n) is 19.3. The third-order valence-electron chi connectivity index (χ3n) is 11.4. The molecule has 0 heterocycles. The SMILES string of the molecule is CCC1c2cc(C(C)(C)C)cc(c2O)Cc2cc(C(C)(C)C)cc(c2O)C(CC)c2cc(C(C)(C)C)cc(c2O)Cc2cc(C(C)(C)C)cc1c2O. The lowest BCUT2D eigenvalue weighted by molar-refractivity contribution is 0.438. The molecule has 1 aliphatic carbocycles. The van der Waals surface area contributed by atoms with Gasteiger partial charge in [-0.2, -0.15) is 0 Å². The molecule has 1 aliphatic rings. The van der Waals surface area contributed by atoms with E-state index in [1.165, 1.54) is 0 Å². The monoisotopic (exact) mass is 704 g/mol. The molecule has 0 aliphatic heterocycles. The lowest BCUT2D eigenvalue weighted by Crippen LogP contribution is -2.17. The van der Waals surface area contributed by atoms with Crippen LogP contribution in [0.25, 0.3) is 0 Å². The molecule has 0 spiro atoms. The van der Waals surface area contributed by atoms with Gasteiger partial charge in [-0.05, 0) is 79.0 Å². The minimum Gasteiger partial charge on any atom is -0.507 e. The predicted molar refractivity (Wildman–Crippen MR) is 217 cm³/mol. The van der Waals surface area contributed by atoms with E-state index in [-0.39, 0.29) is 56.5 Å². The summed E-state index contributed by atoms with van der Waals surface area (Å²) >= 11 is 0. The van der Waals surface area contributed by atoms with Gasteiger partial charge < -0.3 is 20.4 Å². The standard InChI is InChI=1S/C48H64O4/c1-15-35-37-23-31(45(3,4)5)19-27(41(37)49)17-29-21-33(47(9,10)11)25-39(43(29)51)36(16-2)40-26-34(48(12,13)14)22-30(44(40)52)18-28-20-32(46(6,7)8)24-38(35)42(28)50/h19-26,35-36,49-52H,15-18H2,1-14H3. The molecule has 0 fully saturated rings. The average Bonchev–Trinajstić information content (AvgIpc) is 3.01. The van der Waals surface area contributed by atoms with E-state index < -0.39 is 0 Å². The lowest BCUT2D eigenvalue weighted by Gasteiger charge is -2.30. The average molecular weight is 705 g/mol. The molecule has 4 nitrogen and oxygen atoms in total. The second kappa shape index (κ2) is 13.5. The first kappa shape index (κ1) is 39.3. The first-order valence-corrected chi connectivity index (χ1v) is 19.3. The topological polar surface area (TPSA) is 80.9 Å². The highest BCUT2D eigenvalue weighted by Gasteiger charge is 2.32. The maximum absolute atomic E-state index is 12.3. The number of rotatable bonds is 2. The molecule has 0 unspecified atom stereocenters. The molecule has 0 aromatic heterocycles. The molecule has 0 saturated heterocycles. The van der Waals surface area contributed by atoms with E-state index in [1.807, 2.05) is 0 Å². The van der Waals surface area contributed by atoms with Gasteiger partial charge >= 0.3 is 0 Å². The van der Waals surface area contributed by atoms with Crippen molar-refractivity contribution in [3.63, 3.8) is 0 Å². The van der Waals surface area contributed by atoms with Crippen LogP contribution in [-0.2, 0) is 34.5 Å². The van der Waals surface area contributed by atoms with Crippen molar-refractivity contribution in [2.75, 3.05) is 0 Å². The Balaban J connectivity index is 2.00. The summed E-state index contributed by atoms with van der Waals surface area (Å²) in [6.45, 7) is 30.4. The van der Waals surface area contributed by atoms with Crippen LogP contribution in [-0.4, -0.2) is 20.4 Å². The summed E-state index contributed by atoms with van der Waals surface area (Å²) in [6.07, 6.45) is 1.97. The van der Waals surface area contributed by atoms with Crippen LogP contribution in [0, 0.1) is 0 Å². The quantitative estimate of drug-likeness (QED) is 0.167. The van der Waals surface area contributed by atoms with E-state index in [9.17, 15) is 20.4 Å². The van der Waals surface area contributed by atoms with Gasteiger partial charge in [0.25, 0.3) is 0 Å². The van der Waals surface area contributed by atoms with E-state index in [0.717, 1.165) is 66.8 Å². The summed E-state index contributed by atoms with van der Waals surface area (Å²) < 4.78 is 0. The summed E-state index contributed by atoms with van der Waals surface area (Å²) in [5.74, 6) is 0.243. The third-order valence-corrected chi connectivity index (χ3v) is 11.4. The predicted octanol–water partition coefficient (Wildman–Crippen LogP) is 12.3. The Bertz CT molecular complexity index is 1700. The van der Waals surface area contributed by atoms with Crippen LogP contribution in [0.3, 0.4) is 0 Å². The molecule has 8 bridgehead atoms. The fourth-order valence-electron chi connectivity index (χ4n) is 7.83. The number of aromatic hydroxyl groups is 4. The van der Waals surface area contributed by atoms with Crippen LogP contribution in [0.4, 0.5) is 0 Å². The maximum Gasteiger partial charge on any atom is 0.122 e. The fraction of sp³-hybridized carbons (Fsp3) is 0.500. The molecule has 52 heavy (non-hydrogen) atoms. The number of hydrogen-bond donors (Lipinski definition) is 4. The van der Waals surface area contributed by atoms with Gasteiger partial charge in [-0.1, -0.05) is 145 Å². The van der Waals surface area contributed by atoms with Crippen LogP contribution in [0.1, 0.15) is 188 Å². The molecule has 4 N–H and O–H groups in total. The molecule has 4 aromatic carbocycles. The molecule has 280 valence electrons. The van der Waals surface area contributed by atoms with Gasteiger partial charge in [0.05, 0.1) is 0 Å². The maximum atomic E-state index is 12.3. The summed E-state index contributed by atoms with van der Waals surface area (Å²) in [5, 5.41) is 49.2. The molecule has 0 radical (unpaired) electrons. The van der Waals surface area contributed by atoms with Crippen LogP contribution >= 0.6 is 0 Å². The van der Waals surface area contributed by atoms with Gasteiger partial charge in [0, 0.05) is 46.9 Å². The summed E-state index contributed by atoms with van der Waals surface area (Å²) in [5.41, 5.74) is 9.64. The summed E-state index contributed by atoms with van der Waals surface area (Å²) in [6, 6.07) is 16.9. The largest absolute Gasteiger partial charge is 0.507 e. The molecular formula is C48H64O4. The van der Waals surface area contributed by atoms with Crippen molar-refractivity contribution in [2.24, 2.45) is 0 Å². The minimum absolute atomic E-state index is 0.209. The van der Waals surface area contributed by atoms with Crippen LogP contribution in [0.2, 0.25) is 0 Å². The molecule has 4 aromatic rings. The molecule has 5 rings (SSSR count). The van der Waals surface area contributed by atoms with E-state index in [1.54, 1.807) is 0 Å². The lowest BCUT2D eigenvalue weighted by atomic mass is 9.75. The van der Waals surface area contributed by atoms with Gasteiger partial charge in [-0.3, -0.25) is 0 Å². The highest BCUT2D eigenvalue weighted by Crippen LogP contribution is 2.49. The van der Waals surface area contributed by atoms with Gasteiger partial charge in [-0.25, -0.2) is 0 Å². The smallest absolute Gasteiger partial charge is 0.122 e. The van der Waals surface area contributed by atoms with E-state index in [4.69, 9.17) is 0 Å². The van der Waals surface area contributed by atoms with Crippen molar-refractivity contribution in [1.82, 2.24) is 0 Å². The number of benzene rings is 4. The van der Waals surface area contributed by atoms with Crippen molar-refractivity contribution in [3.05, 3.63) is 115 Å². The Morgan fingerprint density at radius 3 is 0.731 bits per heavy atom. The van der Waals surface area contributed by atoms with Gasteiger partial charge in [0.15, 0.2) is 0 Å². The van der Waals surface area contributed by atoms with Gasteiger partial charge in [-0.15, -0.1) is 0 Å². The van der Waals surface area contributed by atoms with E-state index >= 15 is 0 Å². The molecule has 0 amide bonds. The highest BCUT2D eigenvalue weighted by molar-refractivity contribution is 5.61. The number of hydrogen-bond acceptors (Lipinski definition) is 4. The van der Waals surface area contributed by atoms with Crippen molar-refractivity contribution < 1.29 is 20.4 Å². The minimum atomic E-state index is -0.297. The summed E-state index contributed by atoms with van der Waals surface area (Å²) in [7, 11) is 0. The molecule has 4 heteroatoms. The Morgan fingerprint density at radius 2 is 0.577 bits per heavy atom. The highest BCUT2D eigenvalue weighted by atomic mass is 16.3. The zero-order valence-electron chi connectivity index (χ0n) is 34.4. The third kappa shape index (κ3) is 7.45. The van der Waals surface area contributed by atoms with E-state index in [0.29, 0.717) is 25.7 Å². The first-order chi connectivity index (χ1) is 23.9.